The predicted molar refractivity (Wildman–Crippen MR) is 95.6 cm³/mol. The summed E-state index contributed by atoms with van der Waals surface area (Å²) in [5.41, 5.74) is 6.36. The van der Waals surface area contributed by atoms with Crippen LogP contribution in [-0.4, -0.2) is 0 Å². The summed E-state index contributed by atoms with van der Waals surface area (Å²) in [6, 6.07) is 12.8. The minimum atomic E-state index is -0.0163. The molecule has 1 atom stereocenters. The van der Waals surface area contributed by atoms with Crippen LogP contribution < -0.4 is 0 Å². The van der Waals surface area contributed by atoms with Gasteiger partial charge in [-0.1, -0.05) is 50.6 Å². The second-order valence-corrected chi connectivity index (χ2v) is 6.86. The number of aryl methyl sites for hydroxylation is 3. The molecule has 1 unspecified atom stereocenters. The summed E-state index contributed by atoms with van der Waals surface area (Å²) in [7, 11) is 0. The zero-order chi connectivity index (χ0) is 16.2. The SMILES string of the molecule is CCCCc1ccc2c(c1)CCC(c1ccc(CC)cc1F)C2. The first-order valence-corrected chi connectivity index (χ1v) is 9.10. The average Bonchev–Trinajstić information content (AvgIpc) is 2.59. The van der Waals surface area contributed by atoms with Gasteiger partial charge in [0.2, 0.25) is 0 Å². The molecule has 0 nitrogen and oxygen atoms in total. The van der Waals surface area contributed by atoms with Crippen LogP contribution in [0, 0.1) is 5.82 Å². The van der Waals surface area contributed by atoms with Crippen LogP contribution in [0.1, 0.15) is 66.8 Å². The van der Waals surface area contributed by atoms with Gasteiger partial charge >= 0.3 is 0 Å². The first-order chi connectivity index (χ1) is 11.2. The number of benzene rings is 2. The molecule has 0 bridgehead atoms. The molecule has 2 aromatic carbocycles. The first-order valence-electron chi connectivity index (χ1n) is 9.10. The van der Waals surface area contributed by atoms with Gasteiger partial charge in [-0.25, -0.2) is 4.39 Å². The molecule has 1 aliphatic rings. The Morgan fingerprint density at radius 1 is 1.00 bits per heavy atom. The van der Waals surface area contributed by atoms with Crippen molar-refractivity contribution in [1.29, 1.82) is 0 Å². The molecule has 0 saturated heterocycles. The zero-order valence-electron chi connectivity index (χ0n) is 14.4. The Balaban J connectivity index is 1.77. The molecule has 23 heavy (non-hydrogen) atoms. The van der Waals surface area contributed by atoms with Crippen molar-refractivity contribution in [2.45, 2.75) is 64.7 Å². The first kappa shape index (κ1) is 16.2. The van der Waals surface area contributed by atoms with Crippen molar-refractivity contribution in [3.8, 4) is 0 Å². The van der Waals surface area contributed by atoms with Gasteiger partial charge in [0, 0.05) is 0 Å². The highest BCUT2D eigenvalue weighted by Crippen LogP contribution is 2.34. The average molecular weight is 310 g/mol. The molecule has 0 heterocycles. The van der Waals surface area contributed by atoms with Crippen LogP contribution >= 0.6 is 0 Å². The maximum Gasteiger partial charge on any atom is 0.126 e. The molecule has 0 saturated carbocycles. The van der Waals surface area contributed by atoms with Crippen molar-refractivity contribution >= 4 is 0 Å². The second-order valence-electron chi connectivity index (χ2n) is 6.86. The quantitative estimate of drug-likeness (QED) is 0.635. The largest absolute Gasteiger partial charge is 0.207 e. The van der Waals surface area contributed by atoms with E-state index < -0.39 is 0 Å². The van der Waals surface area contributed by atoms with Crippen LogP contribution in [0.25, 0.3) is 0 Å². The molecule has 1 heteroatoms. The van der Waals surface area contributed by atoms with Crippen LogP contribution in [0.4, 0.5) is 4.39 Å². The minimum Gasteiger partial charge on any atom is -0.207 e. The Labute approximate surface area is 139 Å². The summed E-state index contributed by atoms with van der Waals surface area (Å²) in [5.74, 6) is 0.312. The van der Waals surface area contributed by atoms with Gasteiger partial charge in [0.25, 0.3) is 0 Å². The molecule has 0 spiro atoms. The summed E-state index contributed by atoms with van der Waals surface area (Å²) in [4.78, 5) is 0. The lowest BCUT2D eigenvalue weighted by atomic mass is 9.79. The molecule has 122 valence electrons. The van der Waals surface area contributed by atoms with E-state index in [0.717, 1.165) is 36.8 Å². The van der Waals surface area contributed by atoms with Crippen LogP contribution in [0.2, 0.25) is 0 Å². The van der Waals surface area contributed by atoms with Crippen LogP contribution in [-0.2, 0) is 25.7 Å². The smallest absolute Gasteiger partial charge is 0.126 e. The van der Waals surface area contributed by atoms with Crippen LogP contribution in [0.3, 0.4) is 0 Å². The number of halogens is 1. The van der Waals surface area contributed by atoms with Gasteiger partial charge in [-0.15, -0.1) is 0 Å². The highest BCUT2D eigenvalue weighted by Gasteiger charge is 2.22. The Hall–Kier alpha value is -1.63. The third-order valence-electron chi connectivity index (χ3n) is 5.23. The van der Waals surface area contributed by atoms with E-state index in [1.54, 1.807) is 6.07 Å². The van der Waals surface area contributed by atoms with Gasteiger partial charge in [-0.05, 0) is 78.3 Å². The van der Waals surface area contributed by atoms with Crippen LogP contribution in [0.5, 0.6) is 0 Å². The molecular weight excluding hydrogens is 283 g/mol. The molecule has 0 aromatic heterocycles. The molecule has 3 rings (SSSR count). The lowest BCUT2D eigenvalue weighted by Crippen LogP contribution is -2.14. The monoisotopic (exact) mass is 310 g/mol. The normalized spacial score (nSPS) is 17.1. The summed E-state index contributed by atoms with van der Waals surface area (Å²) in [5, 5.41) is 0. The molecule has 0 amide bonds. The zero-order valence-corrected chi connectivity index (χ0v) is 14.4. The number of fused-ring (bicyclic) bond motifs is 1. The van der Waals surface area contributed by atoms with E-state index in [2.05, 4.69) is 38.1 Å². The van der Waals surface area contributed by atoms with E-state index in [4.69, 9.17) is 0 Å². The summed E-state index contributed by atoms with van der Waals surface area (Å²) in [6.07, 6.45) is 7.70. The molecule has 0 radical (unpaired) electrons. The Morgan fingerprint density at radius 2 is 1.83 bits per heavy atom. The fourth-order valence-electron chi connectivity index (χ4n) is 3.73. The van der Waals surface area contributed by atoms with Gasteiger partial charge < -0.3 is 0 Å². The number of hydrogen-bond acceptors (Lipinski definition) is 0. The lowest BCUT2D eigenvalue weighted by Gasteiger charge is -2.26. The third kappa shape index (κ3) is 3.65. The molecular formula is C22H27F. The predicted octanol–water partition coefficient (Wildman–Crippen LogP) is 6.00. The number of unbranched alkanes of at least 4 members (excludes halogenated alkanes) is 1. The van der Waals surface area contributed by atoms with Gasteiger partial charge in [0.15, 0.2) is 0 Å². The summed E-state index contributed by atoms with van der Waals surface area (Å²) in [6.45, 7) is 4.31. The van der Waals surface area contributed by atoms with Crippen LogP contribution in [0.15, 0.2) is 36.4 Å². The Kier molecular flexibility index (Phi) is 5.15. The number of rotatable bonds is 5. The topological polar surface area (TPSA) is 0 Å². The molecule has 0 N–H and O–H groups in total. The lowest BCUT2D eigenvalue weighted by molar-refractivity contribution is 0.533. The molecule has 0 aliphatic heterocycles. The molecule has 1 aliphatic carbocycles. The van der Waals surface area contributed by atoms with Gasteiger partial charge in [-0.3, -0.25) is 0 Å². The summed E-state index contributed by atoms with van der Waals surface area (Å²) >= 11 is 0. The van der Waals surface area contributed by atoms with Crippen molar-refractivity contribution in [1.82, 2.24) is 0 Å². The van der Waals surface area contributed by atoms with Crippen molar-refractivity contribution in [2.75, 3.05) is 0 Å². The van der Waals surface area contributed by atoms with Crippen molar-refractivity contribution in [2.24, 2.45) is 0 Å². The van der Waals surface area contributed by atoms with E-state index in [0.29, 0.717) is 5.92 Å². The third-order valence-corrected chi connectivity index (χ3v) is 5.23. The summed E-state index contributed by atoms with van der Waals surface area (Å²) < 4.78 is 14.4. The van der Waals surface area contributed by atoms with Crippen molar-refractivity contribution in [3.63, 3.8) is 0 Å². The van der Waals surface area contributed by atoms with E-state index in [1.165, 1.54) is 36.0 Å². The standard InChI is InChI=1S/C22H27F/c1-3-5-6-17-7-9-19-15-20(11-10-18(19)13-17)21-12-8-16(4-2)14-22(21)23/h7-9,12-14,20H,3-6,10-11,15H2,1-2H3. The van der Waals surface area contributed by atoms with Gasteiger partial charge in [0.05, 0.1) is 0 Å². The highest BCUT2D eigenvalue weighted by atomic mass is 19.1. The Bertz CT molecular complexity index is 672. The molecule has 0 fully saturated rings. The van der Waals surface area contributed by atoms with E-state index in [9.17, 15) is 4.39 Å². The van der Waals surface area contributed by atoms with E-state index in [-0.39, 0.29) is 5.82 Å². The fraction of sp³-hybridized carbons (Fsp3) is 0.455. The minimum absolute atomic E-state index is 0.0163. The van der Waals surface area contributed by atoms with E-state index >= 15 is 0 Å². The highest BCUT2D eigenvalue weighted by molar-refractivity contribution is 5.38. The number of hydrogen-bond donors (Lipinski definition) is 0. The Morgan fingerprint density at radius 3 is 2.57 bits per heavy atom. The maximum absolute atomic E-state index is 14.4. The maximum atomic E-state index is 14.4. The van der Waals surface area contributed by atoms with Crippen molar-refractivity contribution in [3.05, 3.63) is 70.0 Å². The second kappa shape index (κ2) is 7.29. The molecule has 2 aromatic rings. The fourth-order valence-corrected chi connectivity index (χ4v) is 3.73. The van der Waals surface area contributed by atoms with Crippen molar-refractivity contribution < 1.29 is 4.39 Å². The van der Waals surface area contributed by atoms with E-state index in [1.807, 2.05) is 6.07 Å². The van der Waals surface area contributed by atoms with Gasteiger partial charge in [-0.2, -0.15) is 0 Å². The van der Waals surface area contributed by atoms with Gasteiger partial charge in [0.1, 0.15) is 5.82 Å².